The zero-order valence-corrected chi connectivity index (χ0v) is 12.3. The number of amides is 1. The van der Waals surface area contributed by atoms with E-state index < -0.39 is 5.97 Å². The van der Waals surface area contributed by atoms with Crippen molar-refractivity contribution in [3.05, 3.63) is 35.4 Å². The van der Waals surface area contributed by atoms with Crippen molar-refractivity contribution in [3.8, 4) is 0 Å². The summed E-state index contributed by atoms with van der Waals surface area (Å²) in [5.74, 6) is -1.41. The number of likely N-dealkylation sites (N-methyl/N-ethyl adjacent to an activating group) is 1. The summed E-state index contributed by atoms with van der Waals surface area (Å²) in [5.41, 5.74) is 0.257. The molecule has 0 saturated heterocycles. The van der Waals surface area contributed by atoms with Crippen LogP contribution in [-0.4, -0.2) is 48.1 Å². The van der Waals surface area contributed by atoms with E-state index in [4.69, 9.17) is 5.11 Å². The molecule has 1 fully saturated rings. The van der Waals surface area contributed by atoms with Crippen molar-refractivity contribution in [3.63, 3.8) is 0 Å². The van der Waals surface area contributed by atoms with Gasteiger partial charge < -0.3 is 15.3 Å². The summed E-state index contributed by atoms with van der Waals surface area (Å²) in [6.07, 6.45) is 5.03. The van der Waals surface area contributed by atoms with Crippen molar-refractivity contribution in [1.82, 2.24) is 10.2 Å². The van der Waals surface area contributed by atoms with Gasteiger partial charge in [0.2, 0.25) is 0 Å². The molecule has 2 rings (SSSR count). The highest BCUT2D eigenvalue weighted by Crippen LogP contribution is 2.21. The number of carbonyl (C=O) groups excluding carboxylic acids is 1. The summed E-state index contributed by atoms with van der Waals surface area (Å²) < 4.78 is 0. The van der Waals surface area contributed by atoms with Gasteiger partial charge in [-0.1, -0.05) is 25.0 Å². The topological polar surface area (TPSA) is 69.6 Å². The third kappa shape index (κ3) is 4.04. The molecular formula is C16H22N2O3. The van der Waals surface area contributed by atoms with Gasteiger partial charge in [-0.15, -0.1) is 0 Å². The second-order valence-electron chi connectivity index (χ2n) is 5.53. The van der Waals surface area contributed by atoms with Crippen LogP contribution in [0.2, 0.25) is 0 Å². The molecule has 1 aromatic rings. The van der Waals surface area contributed by atoms with Crippen LogP contribution in [-0.2, 0) is 0 Å². The molecule has 5 heteroatoms. The second kappa shape index (κ2) is 7.22. The molecule has 21 heavy (non-hydrogen) atoms. The maximum atomic E-state index is 12.1. The zero-order valence-electron chi connectivity index (χ0n) is 12.3. The van der Waals surface area contributed by atoms with Crippen molar-refractivity contribution in [2.45, 2.75) is 31.7 Å². The molecule has 0 atom stereocenters. The van der Waals surface area contributed by atoms with Crippen LogP contribution in [0.4, 0.5) is 0 Å². The van der Waals surface area contributed by atoms with Gasteiger partial charge in [0.25, 0.3) is 5.91 Å². The fourth-order valence-corrected chi connectivity index (χ4v) is 2.84. The molecule has 0 aliphatic heterocycles. The van der Waals surface area contributed by atoms with Crippen LogP contribution in [0.25, 0.3) is 0 Å². The number of benzene rings is 1. The number of hydrogen-bond acceptors (Lipinski definition) is 3. The summed E-state index contributed by atoms with van der Waals surface area (Å²) >= 11 is 0. The van der Waals surface area contributed by atoms with Crippen molar-refractivity contribution < 1.29 is 14.7 Å². The number of carboxylic acid groups (broad SMARTS) is 1. The fourth-order valence-electron chi connectivity index (χ4n) is 2.84. The molecule has 1 aromatic carbocycles. The number of carboxylic acids is 1. The monoisotopic (exact) mass is 290 g/mol. The van der Waals surface area contributed by atoms with Crippen LogP contribution in [0.5, 0.6) is 0 Å². The first-order valence-corrected chi connectivity index (χ1v) is 7.40. The molecule has 0 heterocycles. The fraction of sp³-hybridized carbons (Fsp3) is 0.500. The first kappa shape index (κ1) is 15.5. The lowest BCUT2D eigenvalue weighted by molar-refractivity contribution is 0.0691. The lowest BCUT2D eigenvalue weighted by atomic mass is 10.1. The largest absolute Gasteiger partial charge is 0.478 e. The number of aromatic carboxylic acids is 1. The smallest absolute Gasteiger partial charge is 0.336 e. The molecule has 5 nitrogen and oxygen atoms in total. The molecule has 0 bridgehead atoms. The molecule has 0 radical (unpaired) electrons. The number of carbonyl (C=O) groups is 2. The van der Waals surface area contributed by atoms with Crippen molar-refractivity contribution in [2.75, 3.05) is 20.1 Å². The minimum absolute atomic E-state index is 0.0409. The summed E-state index contributed by atoms with van der Waals surface area (Å²) in [5, 5.41) is 11.9. The summed E-state index contributed by atoms with van der Waals surface area (Å²) in [6.45, 7) is 1.31. The maximum absolute atomic E-state index is 12.1. The predicted molar refractivity (Wildman–Crippen MR) is 80.6 cm³/mol. The second-order valence-corrected chi connectivity index (χ2v) is 5.53. The van der Waals surface area contributed by atoms with Crippen LogP contribution in [0, 0.1) is 0 Å². The third-order valence-corrected chi connectivity index (χ3v) is 4.10. The van der Waals surface area contributed by atoms with Crippen LogP contribution < -0.4 is 5.32 Å². The van der Waals surface area contributed by atoms with E-state index in [2.05, 4.69) is 17.3 Å². The van der Waals surface area contributed by atoms with Crippen molar-refractivity contribution >= 4 is 11.9 Å². The average Bonchev–Trinajstić information content (AvgIpc) is 3.01. The minimum atomic E-state index is -1.08. The van der Waals surface area contributed by atoms with Gasteiger partial charge in [-0.3, -0.25) is 4.79 Å². The van der Waals surface area contributed by atoms with Gasteiger partial charge in [-0.2, -0.15) is 0 Å². The summed E-state index contributed by atoms with van der Waals surface area (Å²) in [7, 11) is 2.08. The molecule has 0 aromatic heterocycles. The molecule has 1 saturated carbocycles. The summed E-state index contributed by atoms with van der Waals surface area (Å²) in [4.78, 5) is 25.4. The Balaban J connectivity index is 1.86. The van der Waals surface area contributed by atoms with Crippen LogP contribution in [0.15, 0.2) is 24.3 Å². The van der Waals surface area contributed by atoms with Crippen LogP contribution in [0.3, 0.4) is 0 Å². The SMILES string of the molecule is CN(CCNC(=O)c1ccccc1C(=O)O)C1CCCC1. The Kier molecular flexibility index (Phi) is 5.33. The van der Waals surface area contributed by atoms with Gasteiger partial charge in [0.1, 0.15) is 0 Å². The highest BCUT2D eigenvalue weighted by Gasteiger charge is 2.19. The zero-order chi connectivity index (χ0) is 15.2. The van der Waals surface area contributed by atoms with Gasteiger partial charge in [0.05, 0.1) is 11.1 Å². The molecule has 0 unspecified atom stereocenters. The Morgan fingerprint density at radius 2 is 1.86 bits per heavy atom. The van der Waals surface area contributed by atoms with E-state index in [0.29, 0.717) is 12.6 Å². The van der Waals surface area contributed by atoms with E-state index in [1.54, 1.807) is 18.2 Å². The van der Waals surface area contributed by atoms with E-state index in [-0.39, 0.29) is 17.0 Å². The Labute approximate surface area is 125 Å². The lowest BCUT2D eigenvalue weighted by Gasteiger charge is -2.23. The van der Waals surface area contributed by atoms with Crippen molar-refractivity contribution in [2.24, 2.45) is 0 Å². The molecule has 1 amide bonds. The molecule has 114 valence electrons. The van der Waals surface area contributed by atoms with Crippen molar-refractivity contribution in [1.29, 1.82) is 0 Å². The lowest BCUT2D eigenvalue weighted by Crippen LogP contribution is -2.37. The highest BCUT2D eigenvalue weighted by atomic mass is 16.4. The number of nitrogens with zero attached hydrogens (tertiary/aromatic N) is 1. The first-order valence-electron chi connectivity index (χ1n) is 7.40. The van der Waals surface area contributed by atoms with E-state index in [9.17, 15) is 9.59 Å². The average molecular weight is 290 g/mol. The van der Waals surface area contributed by atoms with E-state index in [1.165, 1.54) is 31.7 Å². The van der Waals surface area contributed by atoms with E-state index >= 15 is 0 Å². The Morgan fingerprint density at radius 3 is 2.48 bits per heavy atom. The molecule has 2 N–H and O–H groups in total. The minimum Gasteiger partial charge on any atom is -0.478 e. The van der Waals surface area contributed by atoms with Gasteiger partial charge in [-0.25, -0.2) is 4.79 Å². The van der Waals surface area contributed by atoms with Gasteiger partial charge in [-0.05, 0) is 32.0 Å². The first-order chi connectivity index (χ1) is 10.1. The third-order valence-electron chi connectivity index (χ3n) is 4.10. The van der Waals surface area contributed by atoms with Crippen LogP contribution >= 0.6 is 0 Å². The standard InChI is InChI=1S/C16H22N2O3/c1-18(12-6-2-3-7-12)11-10-17-15(19)13-8-4-5-9-14(13)16(20)21/h4-5,8-9,12H,2-3,6-7,10-11H2,1H3,(H,17,19)(H,20,21). The Bertz CT molecular complexity index is 510. The number of hydrogen-bond donors (Lipinski definition) is 2. The molecule has 1 aliphatic rings. The maximum Gasteiger partial charge on any atom is 0.336 e. The molecule has 1 aliphatic carbocycles. The van der Waals surface area contributed by atoms with E-state index in [0.717, 1.165) is 6.54 Å². The quantitative estimate of drug-likeness (QED) is 0.840. The molecule has 0 spiro atoms. The number of rotatable bonds is 6. The van der Waals surface area contributed by atoms with Gasteiger partial charge in [0.15, 0.2) is 0 Å². The highest BCUT2D eigenvalue weighted by molar-refractivity contribution is 6.04. The Morgan fingerprint density at radius 1 is 1.24 bits per heavy atom. The summed E-state index contributed by atoms with van der Waals surface area (Å²) in [6, 6.07) is 6.90. The Hall–Kier alpha value is -1.88. The predicted octanol–water partition coefficient (Wildman–Crippen LogP) is 1.99. The van der Waals surface area contributed by atoms with E-state index in [1.807, 2.05) is 0 Å². The van der Waals surface area contributed by atoms with Gasteiger partial charge in [0, 0.05) is 19.1 Å². The molecular weight excluding hydrogens is 268 g/mol. The van der Waals surface area contributed by atoms with Gasteiger partial charge >= 0.3 is 5.97 Å². The number of nitrogens with one attached hydrogen (secondary N) is 1. The van der Waals surface area contributed by atoms with Crippen LogP contribution in [0.1, 0.15) is 46.4 Å². The normalized spacial score (nSPS) is 15.3.